The molecule has 2 aromatic heterocycles. The molecule has 0 bridgehead atoms. The fraction of sp³-hybridized carbons (Fsp3) is 0.300. The molecule has 16 heavy (non-hydrogen) atoms. The Morgan fingerprint density at radius 3 is 2.81 bits per heavy atom. The molecule has 0 fully saturated rings. The zero-order valence-corrected chi connectivity index (χ0v) is 9.14. The van der Waals surface area contributed by atoms with Crippen LogP contribution >= 0.6 is 0 Å². The SMILES string of the molecule is CC(C)c1cnc(Nc2nccc(N)n2)o1. The van der Waals surface area contributed by atoms with Crippen LogP contribution in [0.5, 0.6) is 0 Å². The van der Waals surface area contributed by atoms with Gasteiger partial charge >= 0.3 is 6.01 Å². The molecular weight excluding hydrogens is 206 g/mol. The molecule has 0 saturated heterocycles. The Morgan fingerprint density at radius 1 is 1.38 bits per heavy atom. The number of nitrogen functional groups attached to an aromatic ring is 1. The standard InChI is InChI=1S/C10H13N5O/c1-6(2)7-5-13-10(16-7)15-9-12-4-3-8(11)14-9/h3-6H,1-2H3,(H3,11,12,13,14,15). The third-order valence-electron chi connectivity index (χ3n) is 1.99. The fourth-order valence-electron chi connectivity index (χ4n) is 1.14. The van der Waals surface area contributed by atoms with Gasteiger partial charge < -0.3 is 10.2 Å². The second kappa shape index (κ2) is 4.18. The topological polar surface area (TPSA) is 89.9 Å². The minimum Gasteiger partial charge on any atom is -0.428 e. The molecule has 0 unspecified atom stereocenters. The molecule has 0 atom stereocenters. The Hall–Kier alpha value is -2.11. The number of nitrogens with two attached hydrogens (primary N) is 1. The molecule has 0 spiro atoms. The van der Waals surface area contributed by atoms with E-state index in [1.807, 2.05) is 13.8 Å². The molecule has 0 aliphatic rings. The van der Waals surface area contributed by atoms with E-state index in [0.29, 0.717) is 23.7 Å². The maximum absolute atomic E-state index is 5.52. The minimum absolute atomic E-state index is 0.296. The van der Waals surface area contributed by atoms with E-state index in [1.165, 1.54) is 0 Å². The Morgan fingerprint density at radius 2 is 2.19 bits per heavy atom. The number of hydrogen-bond donors (Lipinski definition) is 2. The Balaban J connectivity index is 2.14. The van der Waals surface area contributed by atoms with Crippen LogP contribution in [0.1, 0.15) is 25.5 Å². The van der Waals surface area contributed by atoms with Crippen molar-refractivity contribution in [3.05, 3.63) is 24.2 Å². The lowest BCUT2D eigenvalue weighted by Gasteiger charge is -2.00. The Labute approximate surface area is 92.9 Å². The first-order valence-electron chi connectivity index (χ1n) is 4.96. The first-order valence-corrected chi connectivity index (χ1v) is 4.96. The van der Waals surface area contributed by atoms with E-state index in [0.717, 1.165) is 5.76 Å². The van der Waals surface area contributed by atoms with Crippen LogP contribution in [-0.2, 0) is 0 Å². The van der Waals surface area contributed by atoms with Crippen LogP contribution in [0.15, 0.2) is 22.9 Å². The zero-order valence-electron chi connectivity index (χ0n) is 9.14. The maximum Gasteiger partial charge on any atom is 0.301 e. The highest BCUT2D eigenvalue weighted by Crippen LogP contribution is 2.19. The number of anilines is 3. The van der Waals surface area contributed by atoms with E-state index in [9.17, 15) is 0 Å². The van der Waals surface area contributed by atoms with Gasteiger partial charge in [0.05, 0.1) is 6.20 Å². The summed E-state index contributed by atoms with van der Waals surface area (Å²) in [5.41, 5.74) is 5.52. The van der Waals surface area contributed by atoms with E-state index < -0.39 is 0 Å². The summed E-state index contributed by atoms with van der Waals surface area (Å²) in [6.45, 7) is 4.06. The van der Waals surface area contributed by atoms with E-state index in [2.05, 4.69) is 20.3 Å². The first-order chi connectivity index (χ1) is 7.65. The van der Waals surface area contributed by atoms with Gasteiger partial charge in [0.1, 0.15) is 11.6 Å². The van der Waals surface area contributed by atoms with Crippen molar-refractivity contribution in [3.63, 3.8) is 0 Å². The van der Waals surface area contributed by atoms with Gasteiger partial charge in [-0.05, 0) is 6.07 Å². The van der Waals surface area contributed by atoms with Crippen LogP contribution in [-0.4, -0.2) is 15.0 Å². The highest BCUT2D eigenvalue weighted by atomic mass is 16.4. The smallest absolute Gasteiger partial charge is 0.301 e. The minimum atomic E-state index is 0.296. The predicted molar refractivity (Wildman–Crippen MR) is 60.3 cm³/mol. The number of nitrogens with one attached hydrogen (secondary N) is 1. The predicted octanol–water partition coefficient (Wildman–Crippen LogP) is 1.91. The first kappa shape index (κ1) is 10.4. The number of nitrogens with zero attached hydrogens (tertiary/aromatic N) is 3. The van der Waals surface area contributed by atoms with Gasteiger partial charge in [-0.15, -0.1) is 0 Å². The van der Waals surface area contributed by atoms with Crippen LogP contribution in [0.25, 0.3) is 0 Å². The largest absolute Gasteiger partial charge is 0.428 e. The molecule has 0 saturated carbocycles. The van der Waals surface area contributed by atoms with Gasteiger partial charge in [0.15, 0.2) is 0 Å². The van der Waals surface area contributed by atoms with Crippen LogP contribution in [0.4, 0.5) is 17.8 Å². The zero-order chi connectivity index (χ0) is 11.5. The molecule has 6 nitrogen and oxygen atoms in total. The summed E-state index contributed by atoms with van der Waals surface area (Å²) < 4.78 is 5.45. The lowest BCUT2D eigenvalue weighted by Crippen LogP contribution is -1.99. The number of aromatic nitrogens is 3. The van der Waals surface area contributed by atoms with Gasteiger partial charge in [-0.3, -0.25) is 5.32 Å². The summed E-state index contributed by atoms with van der Waals surface area (Å²) in [7, 11) is 0. The molecule has 6 heteroatoms. The van der Waals surface area contributed by atoms with Crippen molar-refractivity contribution < 1.29 is 4.42 Å². The van der Waals surface area contributed by atoms with Crippen LogP contribution < -0.4 is 11.1 Å². The fourth-order valence-corrected chi connectivity index (χ4v) is 1.14. The summed E-state index contributed by atoms with van der Waals surface area (Å²) in [5.74, 6) is 1.88. The van der Waals surface area contributed by atoms with E-state index >= 15 is 0 Å². The van der Waals surface area contributed by atoms with E-state index in [4.69, 9.17) is 10.2 Å². The van der Waals surface area contributed by atoms with Gasteiger partial charge in [0, 0.05) is 12.1 Å². The molecule has 0 amide bonds. The van der Waals surface area contributed by atoms with Gasteiger partial charge in [-0.2, -0.15) is 4.98 Å². The van der Waals surface area contributed by atoms with Gasteiger partial charge in [-0.1, -0.05) is 13.8 Å². The van der Waals surface area contributed by atoms with Crippen molar-refractivity contribution in [2.75, 3.05) is 11.1 Å². The average Bonchev–Trinajstić information content (AvgIpc) is 2.66. The molecule has 0 radical (unpaired) electrons. The molecule has 84 valence electrons. The third kappa shape index (κ3) is 2.28. The quantitative estimate of drug-likeness (QED) is 0.819. The normalized spacial score (nSPS) is 10.7. The molecule has 0 aliphatic carbocycles. The lowest BCUT2D eigenvalue weighted by atomic mass is 10.2. The second-order valence-electron chi connectivity index (χ2n) is 3.65. The molecule has 2 rings (SSSR count). The summed E-state index contributed by atoms with van der Waals surface area (Å²) in [4.78, 5) is 12.0. The van der Waals surface area contributed by atoms with Gasteiger partial charge in [0.2, 0.25) is 5.95 Å². The van der Waals surface area contributed by atoms with Crippen molar-refractivity contribution in [2.45, 2.75) is 19.8 Å². The van der Waals surface area contributed by atoms with Crippen LogP contribution in [0.3, 0.4) is 0 Å². The summed E-state index contributed by atoms with van der Waals surface area (Å²) in [5, 5.41) is 2.84. The third-order valence-corrected chi connectivity index (χ3v) is 1.99. The molecule has 0 aliphatic heterocycles. The molecule has 2 aromatic rings. The van der Waals surface area contributed by atoms with Crippen LogP contribution in [0.2, 0.25) is 0 Å². The average molecular weight is 219 g/mol. The summed E-state index contributed by atoms with van der Waals surface area (Å²) >= 11 is 0. The summed E-state index contributed by atoms with van der Waals surface area (Å²) in [6, 6.07) is 1.98. The maximum atomic E-state index is 5.52. The highest BCUT2D eigenvalue weighted by Gasteiger charge is 2.08. The monoisotopic (exact) mass is 219 g/mol. The number of hydrogen-bond acceptors (Lipinski definition) is 6. The molecule has 2 heterocycles. The molecule has 3 N–H and O–H groups in total. The van der Waals surface area contributed by atoms with Crippen molar-refractivity contribution >= 4 is 17.8 Å². The highest BCUT2D eigenvalue weighted by molar-refractivity contribution is 5.43. The Kier molecular flexibility index (Phi) is 2.72. The van der Waals surface area contributed by atoms with Gasteiger partial charge in [-0.25, -0.2) is 9.97 Å². The second-order valence-corrected chi connectivity index (χ2v) is 3.65. The summed E-state index contributed by atoms with van der Waals surface area (Å²) in [6.07, 6.45) is 3.25. The van der Waals surface area contributed by atoms with Crippen molar-refractivity contribution in [2.24, 2.45) is 0 Å². The molecular formula is C10H13N5O. The van der Waals surface area contributed by atoms with Crippen molar-refractivity contribution in [3.8, 4) is 0 Å². The van der Waals surface area contributed by atoms with Gasteiger partial charge in [0.25, 0.3) is 0 Å². The number of oxazole rings is 1. The number of rotatable bonds is 3. The lowest BCUT2D eigenvalue weighted by molar-refractivity contribution is 0.497. The van der Waals surface area contributed by atoms with E-state index in [-0.39, 0.29) is 0 Å². The van der Waals surface area contributed by atoms with Crippen molar-refractivity contribution in [1.29, 1.82) is 0 Å². The Bertz CT molecular complexity index is 480. The van der Waals surface area contributed by atoms with Crippen LogP contribution in [0, 0.1) is 0 Å². The molecule has 0 aromatic carbocycles. The van der Waals surface area contributed by atoms with Crippen molar-refractivity contribution in [1.82, 2.24) is 15.0 Å². The van der Waals surface area contributed by atoms with E-state index in [1.54, 1.807) is 18.5 Å².